The highest BCUT2D eigenvalue weighted by Gasteiger charge is 2.30. The van der Waals surface area contributed by atoms with Gasteiger partial charge in [-0.25, -0.2) is 8.42 Å². The number of halogens is 2. The van der Waals surface area contributed by atoms with Crippen molar-refractivity contribution >= 4 is 39.3 Å². The fourth-order valence-electron chi connectivity index (χ4n) is 2.88. The molecule has 2 aromatic rings. The molecule has 0 radical (unpaired) electrons. The zero-order valence-electron chi connectivity index (χ0n) is 15.9. The standard InChI is InChI=1S/C21H25Cl2NO3S/c1-16(2)14-20(15-25)24(13-3-4-17-5-7-18(22)8-6-17)28(26,27)21-11-9-19(23)10-12-21/h3-12,16,20,25H,13-15H2,1-2H3/t20-/m1/s1. The molecule has 0 amide bonds. The van der Waals surface area contributed by atoms with Crippen molar-refractivity contribution in [1.29, 1.82) is 0 Å². The van der Waals surface area contributed by atoms with Crippen molar-refractivity contribution in [2.45, 2.75) is 31.2 Å². The van der Waals surface area contributed by atoms with Crippen LogP contribution in [0.4, 0.5) is 0 Å². The number of hydrogen-bond acceptors (Lipinski definition) is 3. The summed E-state index contributed by atoms with van der Waals surface area (Å²) in [6.07, 6.45) is 4.17. The predicted octanol–water partition coefficient (Wildman–Crippen LogP) is 5.10. The normalized spacial score (nSPS) is 13.5. The van der Waals surface area contributed by atoms with E-state index in [0.29, 0.717) is 16.5 Å². The third-order valence-electron chi connectivity index (χ3n) is 4.25. The molecular weight excluding hydrogens is 417 g/mol. The maximum absolute atomic E-state index is 13.2. The Morgan fingerprint density at radius 2 is 1.54 bits per heavy atom. The van der Waals surface area contributed by atoms with Crippen LogP contribution in [0.5, 0.6) is 0 Å². The van der Waals surface area contributed by atoms with Gasteiger partial charge in [0.15, 0.2) is 0 Å². The minimum absolute atomic E-state index is 0.144. The van der Waals surface area contributed by atoms with Crippen LogP contribution in [-0.4, -0.2) is 37.0 Å². The van der Waals surface area contributed by atoms with Crippen LogP contribution in [0.15, 0.2) is 59.5 Å². The zero-order valence-corrected chi connectivity index (χ0v) is 18.3. The molecule has 0 bridgehead atoms. The average molecular weight is 442 g/mol. The number of aliphatic hydroxyl groups excluding tert-OH is 1. The number of hydrogen-bond donors (Lipinski definition) is 1. The van der Waals surface area contributed by atoms with E-state index in [1.165, 1.54) is 16.4 Å². The first-order valence-corrected chi connectivity index (χ1v) is 11.2. The molecule has 0 aliphatic rings. The molecule has 1 N–H and O–H groups in total. The van der Waals surface area contributed by atoms with Crippen LogP contribution in [0.2, 0.25) is 10.0 Å². The van der Waals surface area contributed by atoms with Gasteiger partial charge in [-0.05, 0) is 54.3 Å². The topological polar surface area (TPSA) is 57.6 Å². The summed E-state index contributed by atoms with van der Waals surface area (Å²) in [4.78, 5) is 0.152. The van der Waals surface area contributed by atoms with Crippen LogP contribution in [0, 0.1) is 5.92 Å². The first-order valence-electron chi connectivity index (χ1n) is 9.04. The van der Waals surface area contributed by atoms with Crippen LogP contribution >= 0.6 is 23.2 Å². The minimum atomic E-state index is -3.79. The number of nitrogens with zero attached hydrogens (tertiary/aromatic N) is 1. The highest BCUT2D eigenvalue weighted by molar-refractivity contribution is 7.89. The largest absolute Gasteiger partial charge is 0.395 e. The van der Waals surface area contributed by atoms with E-state index in [9.17, 15) is 13.5 Å². The lowest BCUT2D eigenvalue weighted by molar-refractivity contribution is 0.175. The van der Waals surface area contributed by atoms with E-state index in [2.05, 4.69) is 0 Å². The maximum atomic E-state index is 13.2. The third kappa shape index (κ3) is 6.33. The number of rotatable bonds is 9. The lowest BCUT2D eigenvalue weighted by Gasteiger charge is -2.30. The molecule has 0 aliphatic carbocycles. The van der Waals surface area contributed by atoms with Crippen LogP contribution < -0.4 is 0 Å². The molecule has 4 nitrogen and oxygen atoms in total. The average Bonchev–Trinajstić information content (AvgIpc) is 2.65. The lowest BCUT2D eigenvalue weighted by atomic mass is 10.0. The summed E-state index contributed by atoms with van der Waals surface area (Å²) >= 11 is 11.8. The molecule has 0 heterocycles. The molecule has 0 unspecified atom stereocenters. The quantitative estimate of drug-likeness (QED) is 0.588. The highest BCUT2D eigenvalue weighted by Crippen LogP contribution is 2.23. The predicted molar refractivity (Wildman–Crippen MR) is 116 cm³/mol. The van der Waals surface area contributed by atoms with Gasteiger partial charge in [0.25, 0.3) is 0 Å². The van der Waals surface area contributed by atoms with Gasteiger partial charge < -0.3 is 5.11 Å². The summed E-state index contributed by atoms with van der Waals surface area (Å²) in [6.45, 7) is 3.89. The summed E-state index contributed by atoms with van der Waals surface area (Å²) in [5.74, 6) is 0.236. The summed E-state index contributed by atoms with van der Waals surface area (Å²) in [5, 5.41) is 11.0. The molecule has 0 spiro atoms. The summed E-state index contributed by atoms with van der Waals surface area (Å²) in [5.41, 5.74) is 0.914. The van der Waals surface area contributed by atoms with Crippen molar-refractivity contribution in [3.63, 3.8) is 0 Å². The summed E-state index contributed by atoms with van der Waals surface area (Å²) in [6, 6.07) is 12.8. The second-order valence-corrected chi connectivity index (χ2v) is 9.71. The number of aliphatic hydroxyl groups is 1. The van der Waals surface area contributed by atoms with Crippen LogP contribution in [0.25, 0.3) is 6.08 Å². The zero-order chi connectivity index (χ0) is 20.7. The van der Waals surface area contributed by atoms with Gasteiger partial charge in [0.2, 0.25) is 10.0 Å². The van der Waals surface area contributed by atoms with Crippen molar-refractivity contribution in [3.05, 3.63) is 70.2 Å². The fraction of sp³-hybridized carbons (Fsp3) is 0.333. The van der Waals surface area contributed by atoms with Gasteiger partial charge >= 0.3 is 0 Å². The van der Waals surface area contributed by atoms with E-state index >= 15 is 0 Å². The van der Waals surface area contributed by atoms with Gasteiger partial charge in [0.1, 0.15) is 0 Å². The van der Waals surface area contributed by atoms with Gasteiger partial charge in [0, 0.05) is 22.6 Å². The molecule has 0 fully saturated rings. The second kappa shape index (κ2) is 10.4. The molecule has 2 rings (SSSR count). The lowest BCUT2D eigenvalue weighted by Crippen LogP contribution is -2.43. The fourth-order valence-corrected chi connectivity index (χ4v) is 4.71. The molecule has 28 heavy (non-hydrogen) atoms. The van der Waals surface area contributed by atoms with Gasteiger partial charge in [-0.1, -0.05) is 61.3 Å². The Morgan fingerprint density at radius 3 is 2.04 bits per heavy atom. The smallest absolute Gasteiger partial charge is 0.243 e. The van der Waals surface area contributed by atoms with E-state index in [-0.39, 0.29) is 24.0 Å². The Labute approximate surface area is 177 Å². The monoisotopic (exact) mass is 441 g/mol. The van der Waals surface area contributed by atoms with E-state index in [1.54, 1.807) is 30.3 Å². The van der Waals surface area contributed by atoms with Crippen molar-refractivity contribution in [1.82, 2.24) is 4.31 Å². The van der Waals surface area contributed by atoms with Gasteiger partial charge in [-0.15, -0.1) is 0 Å². The molecule has 0 aromatic heterocycles. The van der Waals surface area contributed by atoms with E-state index < -0.39 is 16.1 Å². The molecule has 1 atom stereocenters. The summed E-state index contributed by atoms with van der Waals surface area (Å²) in [7, 11) is -3.79. The molecule has 0 saturated heterocycles. The molecule has 2 aromatic carbocycles. The van der Waals surface area contributed by atoms with E-state index in [0.717, 1.165) is 5.56 Å². The van der Waals surface area contributed by atoms with Gasteiger partial charge in [0.05, 0.1) is 11.5 Å². The highest BCUT2D eigenvalue weighted by atomic mass is 35.5. The SMILES string of the molecule is CC(C)C[C@H](CO)N(CC=Cc1ccc(Cl)cc1)S(=O)(=O)c1ccc(Cl)cc1. The Balaban J connectivity index is 2.32. The van der Waals surface area contributed by atoms with Crippen LogP contribution in [0.1, 0.15) is 25.8 Å². The first kappa shape index (κ1) is 22.9. The van der Waals surface area contributed by atoms with Gasteiger partial charge in [-0.3, -0.25) is 0 Å². The minimum Gasteiger partial charge on any atom is -0.395 e. The Kier molecular flexibility index (Phi) is 8.53. The van der Waals surface area contributed by atoms with Crippen molar-refractivity contribution in [3.8, 4) is 0 Å². The number of benzene rings is 2. The van der Waals surface area contributed by atoms with Gasteiger partial charge in [-0.2, -0.15) is 4.31 Å². The Bertz CT molecular complexity index is 879. The molecular formula is C21H25Cl2NO3S. The second-order valence-electron chi connectivity index (χ2n) is 6.95. The molecule has 7 heteroatoms. The molecule has 152 valence electrons. The summed E-state index contributed by atoms with van der Waals surface area (Å²) < 4.78 is 27.8. The van der Waals surface area contributed by atoms with Crippen molar-refractivity contribution < 1.29 is 13.5 Å². The van der Waals surface area contributed by atoms with Crippen molar-refractivity contribution in [2.24, 2.45) is 5.92 Å². The van der Waals surface area contributed by atoms with Crippen LogP contribution in [-0.2, 0) is 10.0 Å². The van der Waals surface area contributed by atoms with Crippen molar-refractivity contribution in [2.75, 3.05) is 13.2 Å². The molecule has 0 aliphatic heterocycles. The maximum Gasteiger partial charge on any atom is 0.243 e. The number of sulfonamides is 1. The Morgan fingerprint density at radius 1 is 1.00 bits per heavy atom. The molecule has 0 saturated carbocycles. The van der Waals surface area contributed by atoms with Crippen LogP contribution in [0.3, 0.4) is 0 Å². The van der Waals surface area contributed by atoms with E-state index in [4.69, 9.17) is 23.2 Å². The first-order chi connectivity index (χ1) is 13.2. The Hall–Kier alpha value is -1.37. The van der Waals surface area contributed by atoms with E-state index in [1.807, 2.05) is 32.1 Å². The third-order valence-corrected chi connectivity index (χ3v) is 6.68.